The number of hydrogen-bond donors (Lipinski definition) is 1. The third kappa shape index (κ3) is 3.79. The number of rotatable bonds is 7. The predicted octanol–water partition coefficient (Wildman–Crippen LogP) is 3.26. The van der Waals surface area contributed by atoms with Crippen LogP contribution >= 0.6 is 23.1 Å². The number of carbonyl (C=O) groups excluding carboxylic acids is 1. The van der Waals surface area contributed by atoms with Gasteiger partial charge in [0.2, 0.25) is 11.1 Å². The first-order valence-corrected chi connectivity index (χ1v) is 10.1. The Hall–Kier alpha value is -3.38. The maximum Gasteiger partial charge on any atom is 0.345 e. The summed E-state index contributed by atoms with van der Waals surface area (Å²) in [4.78, 5) is 30.6. The Balaban J connectivity index is 1.52. The summed E-state index contributed by atoms with van der Waals surface area (Å²) in [6.07, 6.45) is 2.88. The summed E-state index contributed by atoms with van der Waals surface area (Å²) in [7, 11) is 0. The van der Waals surface area contributed by atoms with Crippen molar-refractivity contribution < 1.29 is 9.72 Å². The lowest BCUT2D eigenvalue weighted by Gasteiger charge is -2.03. The number of thiazole rings is 1. The van der Waals surface area contributed by atoms with Crippen molar-refractivity contribution in [1.29, 1.82) is 0 Å². The summed E-state index contributed by atoms with van der Waals surface area (Å²) in [5.74, 6) is -0.350. The van der Waals surface area contributed by atoms with E-state index in [0.717, 1.165) is 40.2 Å². The van der Waals surface area contributed by atoms with E-state index in [4.69, 9.17) is 0 Å². The lowest BCUT2D eigenvalue weighted by molar-refractivity contribution is -0.380. The van der Waals surface area contributed by atoms with Crippen LogP contribution in [0, 0.1) is 10.1 Å². The van der Waals surface area contributed by atoms with Crippen LogP contribution in [0.1, 0.15) is 0 Å². The molecule has 0 spiro atoms. The highest BCUT2D eigenvalue weighted by Gasteiger charge is 2.16. The molecule has 0 bridgehead atoms. The average molecular weight is 427 g/mol. The van der Waals surface area contributed by atoms with E-state index in [2.05, 4.69) is 32.1 Å². The summed E-state index contributed by atoms with van der Waals surface area (Å²) >= 11 is 1.91. The smallest absolute Gasteiger partial charge is 0.320 e. The SMILES string of the molecule is C=CCn1c2ccccc2c2nnc(SCC(=O)Nc3ncc([N+](=O)[O-])s3)nc21. The van der Waals surface area contributed by atoms with Crippen molar-refractivity contribution >= 4 is 61.2 Å². The summed E-state index contributed by atoms with van der Waals surface area (Å²) in [6.45, 7) is 4.36. The van der Waals surface area contributed by atoms with Crippen LogP contribution in [0.3, 0.4) is 0 Å². The van der Waals surface area contributed by atoms with E-state index in [1.165, 1.54) is 0 Å². The molecular formula is C17H13N7O3S2. The molecule has 0 radical (unpaired) electrons. The van der Waals surface area contributed by atoms with Crippen molar-refractivity contribution in [2.24, 2.45) is 0 Å². The average Bonchev–Trinajstić information content (AvgIpc) is 3.30. The zero-order valence-electron chi connectivity index (χ0n) is 14.8. The van der Waals surface area contributed by atoms with Crippen molar-refractivity contribution in [2.45, 2.75) is 11.7 Å². The number of nitro groups is 1. The molecule has 1 N–H and O–H groups in total. The molecule has 0 fully saturated rings. The molecule has 3 aromatic heterocycles. The molecular weight excluding hydrogens is 414 g/mol. The first kappa shape index (κ1) is 19.0. The molecule has 29 heavy (non-hydrogen) atoms. The highest BCUT2D eigenvalue weighted by atomic mass is 32.2. The zero-order valence-corrected chi connectivity index (χ0v) is 16.4. The van der Waals surface area contributed by atoms with Gasteiger partial charge < -0.3 is 9.88 Å². The van der Waals surface area contributed by atoms with Gasteiger partial charge in [0.1, 0.15) is 11.7 Å². The second-order valence-electron chi connectivity index (χ2n) is 5.78. The van der Waals surface area contributed by atoms with Gasteiger partial charge in [0, 0.05) is 11.9 Å². The third-order valence-electron chi connectivity index (χ3n) is 3.92. The molecule has 12 heteroatoms. The fourth-order valence-corrected chi connectivity index (χ4v) is 3.99. The van der Waals surface area contributed by atoms with Gasteiger partial charge in [-0.1, -0.05) is 36.0 Å². The molecule has 0 aliphatic carbocycles. The molecule has 0 aliphatic heterocycles. The Morgan fingerprint density at radius 1 is 1.38 bits per heavy atom. The van der Waals surface area contributed by atoms with Crippen molar-refractivity contribution in [3.63, 3.8) is 0 Å². The fraction of sp³-hybridized carbons (Fsp3) is 0.118. The van der Waals surface area contributed by atoms with E-state index < -0.39 is 4.92 Å². The molecule has 4 rings (SSSR count). The van der Waals surface area contributed by atoms with Gasteiger partial charge in [0.05, 0.1) is 16.2 Å². The minimum absolute atomic E-state index is 0.0161. The standard InChI is InChI=1S/C17H13N7O3S2/c1-2-7-23-11-6-4-3-5-10(11)14-15(23)20-17(22-21-14)28-9-12(25)19-16-18-8-13(29-16)24(26)27/h2-6,8H,1,7,9H2,(H,18,19,25). The van der Waals surface area contributed by atoms with E-state index >= 15 is 0 Å². The molecule has 0 saturated heterocycles. The van der Waals surface area contributed by atoms with E-state index in [0.29, 0.717) is 22.9 Å². The highest BCUT2D eigenvalue weighted by Crippen LogP contribution is 2.28. The molecule has 4 aromatic rings. The number of allylic oxidation sites excluding steroid dienone is 1. The Kier molecular flexibility index (Phi) is 5.18. The van der Waals surface area contributed by atoms with Crippen LogP contribution in [0.5, 0.6) is 0 Å². The van der Waals surface area contributed by atoms with Gasteiger partial charge in [-0.3, -0.25) is 14.9 Å². The van der Waals surface area contributed by atoms with E-state index in [1.54, 1.807) is 6.08 Å². The Morgan fingerprint density at radius 2 is 2.21 bits per heavy atom. The largest absolute Gasteiger partial charge is 0.345 e. The van der Waals surface area contributed by atoms with Gasteiger partial charge in [-0.2, -0.15) is 0 Å². The Bertz CT molecular complexity index is 1250. The van der Waals surface area contributed by atoms with Crippen LogP contribution in [0.15, 0.2) is 48.3 Å². The molecule has 0 saturated carbocycles. The van der Waals surface area contributed by atoms with Gasteiger partial charge in [-0.15, -0.1) is 16.8 Å². The molecule has 146 valence electrons. The summed E-state index contributed by atoms with van der Waals surface area (Å²) < 4.78 is 1.99. The third-order valence-corrected chi connectivity index (χ3v) is 5.62. The summed E-state index contributed by atoms with van der Waals surface area (Å²) in [5, 5.41) is 23.0. The predicted molar refractivity (Wildman–Crippen MR) is 111 cm³/mol. The number of amides is 1. The van der Waals surface area contributed by atoms with Crippen molar-refractivity contribution in [1.82, 2.24) is 24.7 Å². The Morgan fingerprint density at radius 3 is 2.97 bits per heavy atom. The van der Waals surface area contributed by atoms with E-state index in [9.17, 15) is 14.9 Å². The summed E-state index contributed by atoms with van der Waals surface area (Å²) in [5.41, 5.74) is 2.33. The number of fused-ring (bicyclic) bond motifs is 3. The van der Waals surface area contributed by atoms with Crippen LogP contribution in [-0.4, -0.2) is 41.3 Å². The second-order valence-corrected chi connectivity index (χ2v) is 7.73. The van der Waals surface area contributed by atoms with Crippen LogP contribution in [0.25, 0.3) is 22.1 Å². The fourth-order valence-electron chi connectivity index (χ4n) is 2.76. The normalized spacial score (nSPS) is 11.0. The van der Waals surface area contributed by atoms with E-state index in [1.807, 2.05) is 28.8 Å². The van der Waals surface area contributed by atoms with Gasteiger partial charge in [0.15, 0.2) is 10.8 Å². The number of nitrogens with zero attached hydrogens (tertiary/aromatic N) is 6. The minimum atomic E-state index is -0.556. The minimum Gasteiger partial charge on any atom is -0.320 e. The maximum absolute atomic E-state index is 12.1. The van der Waals surface area contributed by atoms with Crippen LogP contribution in [0.2, 0.25) is 0 Å². The van der Waals surface area contributed by atoms with Crippen molar-refractivity contribution in [3.8, 4) is 0 Å². The van der Waals surface area contributed by atoms with Crippen molar-refractivity contribution in [3.05, 3.63) is 53.2 Å². The molecule has 1 aromatic carbocycles. The number of anilines is 1. The first-order chi connectivity index (χ1) is 14.1. The second kappa shape index (κ2) is 7.93. The van der Waals surface area contributed by atoms with Gasteiger partial charge in [0.25, 0.3) is 0 Å². The number of benzene rings is 1. The van der Waals surface area contributed by atoms with Crippen LogP contribution in [-0.2, 0) is 11.3 Å². The van der Waals surface area contributed by atoms with Crippen LogP contribution in [0.4, 0.5) is 10.1 Å². The van der Waals surface area contributed by atoms with Crippen LogP contribution < -0.4 is 5.32 Å². The monoisotopic (exact) mass is 427 g/mol. The molecule has 1 amide bonds. The highest BCUT2D eigenvalue weighted by molar-refractivity contribution is 7.99. The summed E-state index contributed by atoms with van der Waals surface area (Å²) in [6, 6.07) is 7.81. The van der Waals surface area contributed by atoms with Gasteiger partial charge in [-0.25, -0.2) is 9.97 Å². The van der Waals surface area contributed by atoms with Gasteiger partial charge in [-0.05, 0) is 17.4 Å². The van der Waals surface area contributed by atoms with E-state index in [-0.39, 0.29) is 21.8 Å². The zero-order chi connectivity index (χ0) is 20.4. The number of nitrogens with one attached hydrogen (secondary N) is 1. The Labute approximate surface area is 171 Å². The number of para-hydroxylation sites is 1. The lowest BCUT2D eigenvalue weighted by Crippen LogP contribution is -2.14. The molecule has 0 unspecified atom stereocenters. The molecule has 3 heterocycles. The quantitative estimate of drug-likeness (QED) is 0.206. The number of hydrogen-bond acceptors (Lipinski definition) is 9. The molecule has 0 atom stereocenters. The molecule has 0 aliphatic rings. The first-order valence-electron chi connectivity index (χ1n) is 8.32. The van der Waals surface area contributed by atoms with Crippen molar-refractivity contribution in [2.75, 3.05) is 11.1 Å². The maximum atomic E-state index is 12.1. The number of aromatic nitrogens is 5. The van der Waals surface area contributed by atoms with Gasteiger partial charge >= 0.3 is 5.00 Å². The topological polar surface area (TPSA) is 129 Å². The number of carbonyl (C=O) groups is 1. The molecule has 10 nitrogen and oxygen atoms in total. The lowest BCUT2D eigenvalue weighted by atomic mass is 10.2. The number of thioether (sulfide) groups is 1.